The molecule has 6 rings (SSSR count). The first-order valence-corrected chi connectivity index (χ1v) is 14.0. The lowest BCUT2D eigenvalue weighted by Gasteiger charge is -2.38. The zero-order valence-electron chi connectivity index (χ0n) is 22.7. The molecular weight excluding hydrogens is 559 g/mol. The largest absolute Gasteiger partial charge is 0.477 e. The summed E-state index contributed by atoms with van der Waals surface area (Å²) in [5.41, 5.74) is 1.19. The molecule has 0 aliphatic carbocycles. The van der Waals surface area contributed by atoms with E-state index >= 15 is 4.39 Å². The second-order valence-corrected chi connectivity index (χ2v) is 10.5. The maximum absolute atomic E-state index is 15.3. The molecule has 4 aromatic rings. The number of carbonyl (C=O) groups excluding carboxylic acids is 1. The van der Waals surface area contributed by atoms with Gasteiger partial charge < -0.3 is 29.5 Å². The van der Waals surface area contributed by atoms with Crippen LogP contribution >= 0.6 is 12.2 Å². The van der Waals surface area contributed by atoms with Crippen molar-refractivity contribution < 1.29 is 23.8 Å². The molecule has 0 saturated carbocycles. The zero-order valence-corrected chi connectivity index (χ0v) is 23.5. The van der Waals surface area contributed by atoms with Crippen LogP contribution in [0.25, 0.3) is 10.9 Å². The number of hydrogen-bond acceptors (Lipinski definition) is 6. The second kappa shape index (κ2) is 10.9. The average molecular weight is 587 g/mol. The van der Waals surface area contributed by atoms with E-state index in [9.17, 15) is 19.5 Å². The van der Waals surface area contributed by atoms with Crippen LogP contribution in [0, 0.1) is 5.82 Å². The Morgan fingerprint density at radius 2 is 1.64 bits per heavy atom. The van der Waals surface area contributed by atoms with Gasteiger partial charge in [0.25, 0.3) is 0 Å². The van der Waals surface area contributed by atoms with Crippen molar-refractivity contribution in [3.05, 3.63) is 99.6 Å². The van der Waals surface area contributed by atoms with Crippen molar-refractivity contribution in [2.75, 3.05) is 31.1 Å². The summed E-state index contributed by atoms with van der Waals surface area (Å²) in [6.45, 7) is 3.96. The van der Waals surface area contributed by atoms with Crippen LogP contribution in [-0.2, 0) is 11.3 Å². The maximum Gasteiger partial charge on any atom is 0.341 e. The number of carboxylic acid groups (broad SMARTS) is 1. The summed E-state index contributed by atoms with van der Waals surface area (Å²) >= 11 is 5.63. The Morgan fingerprint density at radius 1 is 1.02 bits per heavy atom. The van der Waals surface area contributed by atoms with Gasteiger partial charge >= 0.3 is 5.97 Å². The number of benzene rings is 3. The lowest BCUT2D eigenvalue weighted by molar-refractivity contribution is -0.120. The minimum atomic E-state index is -1.35. The second-order valence-electron chi connectivity index (χ2n) is 10.2. The number of aromatic nitrogens is 1. The molecule has 0 spiro atoms. The third-order valence-electron chi connectivity index (χ3n) is 7.80. The number of nitrogens with zero attached hydrogens (tertiary/aromatic N) is 3. The number of rotatable bonds is 4. The minimum absolute atomic E-state index is 0.0248. The van der Waals surface area contributed by atoms with Crippen LogP contribution in [0.5, 0.6) is 11.5 Å². The van der Waals surface area contributed by atoms with E-state index in [1.54, 1.807) is 10.6 Å². The summed E-state index contributed by atoms with van der Waals surface area (Å²) in [6.07, 6.45) is 1.29. The highest BCUT2D eigenvalue weighted by Gasteiger charge is 2.33. The number of piperazine rings is 1. The molecule has 2 N–H and O–H groups in total. The quantitative estimate of drug-likeness (QED) is 0.341. The number of anilines is 1. The number of aryl methyl sites for hydroxylation is 1. The number of nitrogens with one attached hydrogen (secondary N) is 1. The molecule has 42 heavy (non-hydrogen) atoms. The van der Waals surface area contributed by atoms with E-state index in [-0.39, 0.29) is 11.3 Å². The lowest BCUT2D eigenvalue weighted by atomic mass is 9.87. The summed E-state index contributed by atoms with van der Waals surface area (Å²) in [5, 5.41) is 12.6. The van der Waals surface area contributed by atoms with Crippen molar-refractivity contribution in [1.29, 1.82) is 0 Å². The van der Waals surface area contributed by atoms with Gasteiger partial charge in [-0.15, -0.1) is 0 Å². The van der Waals surface area contributed by atoms with Crippen molar-refractivity contribution in [2.24, 2.45) is 0 Å². The number of pyridine rings is 1. The molecule has 0 radical (unpaired) electrons. The third kappa shape index (κ3) is 4.75. The van der Waals surface area contributed by atoms with Crippen molar-refractivity contribution in [1.82, 2.24) is 14.8 Å². The van der Waals surface area contributed by atoms with Gasteiger partial charge in [0.2, 0.25) is 11.3 Å². The molecular formula is C31H27FN4O5S. The molecule has 0 atom stereocenters. The number of thiocarbonyl (C=S) groups is 1. The predicted octanol–water partition coefficient (Wildman–Crippen LogP) is 4.32. The molecule has 1 saturated heterocycles. The number of ether oxygens (including phenoxy) is 1. The molecule has 1 amide bonds. The van der Waals surface area contributed by atoms with Crippen LogP contribution in [0.4, 0.5) is 10.1 Å². The number of hydrogen-bond donors (Lipinski definition) is 2. The van der Waals surface area contributed by atoms with Crippen LogP contribution in [-0.4, -0.2) is 57.7 Å². The summed E-state index contributed by atoms with van der Waals surface area (Å²) in [7, 11) is 0. The maximum atomic E-state index is 15.3. The first kappa shape index (κ1) is 27.4. The van der Waals surface area contributed by atoms with E-state index < -0.39 is 28.7 Å². The lowest BCUT2D eigenvalue weighted by Crippen LogP contribution is -2.53. The highest BCUT2D eigenvalue weighted by Crippen LogP contribution is 2.43. The fourth-order valence-electron chi connectivity index (χ4n) is 5.66. The third-order valence-corrected chi connectivity index (χ3v) is 8.16. The first-order valence-electron chi connectivity index (χ1n) is 13.6. The topological polar surface area (TPSA) is 104 Å². The Morgan fingerprint density at radius 3 is 2.24 bits per heavy atom. The van der Waals surface area contributed by atoms with Crippen molar-refractivity contribution in [3.63, 3.8) is 0 Å². The Bertz CT molecular complexity index is 1770. The van der Waals surface area contributed by atoms with Crippen LogP contribution in [0.2, 0.25) is 0 Å². The van der Waals surface area contributed by atoms with Gasteiger partial charge in [-0.3, -0.25) is 9.59 Å². The smallest absolute Gasteiger partial charge is 0.341 e. The molecule has 1 fully saturated rings. The van der Waals surface area contributed by atoms with Crippen molar-refractivity contribution in [2.45, 2.75) is 19.4 Å². The van der Waals surface area contributed by atoms with Crippen LogP contribution in [0.3, 0.4) is 0 Å². The fraction of sp³-hybridized carbons (Fsp3) is 0.226. The number of halogens is 1. The predicted molar refractivity (Wildman–Crippen MR) is 160 cm³/mol. The summed E-state index contributed by atoms with van der Waals surface area (Å²) in [6, 6.07) is 17.6. The highest BCUT2D eigenvalue weighted by molar-refractivity contribution is 7.80. The Kier molecular flexibility index (Phi) is 7.11. The van der Waals surface area contributed by atoms with Crippen molar-refractivity contribution >= 4 is 45.8 Å². The van der Waals surface area contributed by atoms with Crippen LogP contribution < -0.4 is 20.4 Å². The SMILES string of the molecule is CCn1cc(C(=O)O)c(=O)c2cc(F)c(N3CCN(C(=S)NC(=O)C4c5ccccc5Oc5ccccc54)CC3)cc21. The Hall–Kier alpha value is -4.77. The number of para-hydroxylation sites is 2. The molecule has 3 aromatic carbocycles. The number of aromatic carboxylic acids is 1. The molecule has 0 unspecified atom stereocenters. The summed E-state index contributed by atoms with van der Waals surface area (Å²) in [5.74, 6) is -1.55. The van der Waals surface area contributed by atoms with E-state index in [4.69, 9.17) is 17.0 Å². The standard InChI is InChI=1S/C31H27FN4O5S/c1-2-34-17-21(30(39)40)28(37)20-15-22(32)24(16-23(20)34)35-11-13-36(14-12-35)31(42)33-29(38)27-18-7-3-5-9-25(18)41-26-10-6-4-8-19(26)27/h3-10,15-17,27H,2,11-14H2,1H3,(H,39,40)(H,33,38,42). The summed E-state index contributed by atoms with van der Waals surface area (Å²) in [4.78, 5) is 41.5. The van der Waals surface area contributed by atoms with Gasteiger partial charge in [0.15, 0.2) is 5.11 Å². The number of amides is 1. The normalized spacial score (nSPS) is 14.6. The molecule has 9 nitrogen and oxygen atoms in total. The van der Waals surface area contributed by atoms with Gasteiger partial charge in [-0.2, -0.15) is 0 Å². The minimum Gasteiger partial charge on any atom is -0.477 e. The molecule has 0 bridgehead atoms. The van der Waals surface area contributed by atoms with Crippen molar-refractivity contribution in [3.8, 4) is 11.5 Å². The van der Waals surface area contributed by atoms with E-state index in [0.29, 0.717) is 60.5 Å². The number of carboxylic acids is 1. The molecule has 214 valence electrons. The highest BCUT2D eigenvalue weighted by atomic mass is 32.1. The van der Waals surface area contributed by atoms with E-state index in [1.165, 1.54) is 6.20 Å². The van der Waals surface area contributed by atoms with Gasteiger partial charge in [-0.25, -0.2) is 9.18 Å². The number of carbonyl (C=O) groups is 2. The van der Waals surface area contributed by atoms with Gasteiger partial charge in [-0.1, -0.05) is 36.4 Å². The molecule has 2 aliphatic rings. The molecule has 11 heteroatoms. The average Bonchev–Trinajstić information content (AvgIpc) is 2.99. The molecule has 3 heterocycles. The molecule has 2 aliphatic heterocycles. The fourth-order valence-corrected chi connectivity index (χ4v) is 5.94. The Labute approximate surface area is 245 Å². The van der Waals surface area contributed by atoms with Gasteiger partial charge in [-0.05, 0) is 43.4 Å². The van der Waals surface area contributed by atoms with E-state index in [2.05, 4.69) is 5.32 Å². The first-order chi connectivity index (χ1) is 20.3. The monoisotopic (exact) mass is 586 g/mol. The Balaban J connectivity index is 1.18. The number of fused-ring (bicyclic) bond motifs is 3. The van der Waals surface area contributed by atoms with E-state index in [0.717, 1.165) is 17.2 Å². The van der Waals surface area contributed by atoms with E-state index in [1.807, 2.05) is 65.3 Å². The van der Waals surface area contributed by atoms with Gasteiger partial charge in [0, 0.05) is 55.4 Å². The molecule has 1 aromatic heterocycles. The zero-order chi connectivity index (χ0) is 29.5. The van der Waals surface area contributed by atoms with Gasteiger partial charge in [0.1, 0.15) is 22.9 Å². The summed E-state index contributed by atoms with van der Waals surface area (Å²) < 4.78 is 22.9. The van der Waals surface area contributed by atoms with Crippen LogP contribution in [0.1, 0.15) is 34.3 Å². The van der Waals surface area contributed by atoms with Gasteiger partial charge in [0.05, 0.1) is 17.1 Å². The van der Waals surface area contributed by atoms with Crippen LogP contribution in [0.15, 0.2) is 71.7 Å².